The number of hydrogen-bond donors (Lipinski definition) is 2. The molecule has 0 saturated heterocycles. The van der Waals surface area contributed by atoms with E-state index in [2.05, 4.69) is 15.1 Å². The molecule has 0 spiro atoms. The Hall–Kier alpha value is -3.49. The first-order valence-corrected chi connectivity index (χ1v) is 7.53. The van der Waals surface area contributed by atoms with Gasteiger partial charge in [0.25, 0.3) is 11.5 Å². The van der Waals surface area contributed by atoms with E-state index >= 15 is 0 Å². The average molecular weight is 341 g/mol. The molecular formula is C16H15N5O4. The molecule has 0 amide bonds. The predicted octanol–water partition coefficient (Wildman–Crippen LogP) is 0.761. The summed E-state index contributed by atoms with van der Waals surface area (Å²) < 4.78 is 5.70. The molecule has 0 aliphatic heterocycles. The molecule has 0 fully saturated rings. The van der Waals surface area contributed by atoms with E-state index in [1.165, 1.54) is 0 Å². The fraction of sp³-hybridized carbons (Fsp3) is 0.188. The molecule has 3 N–H and O–H groups in total. The summed E-state index contributed by atoms with van der Waals surface area (Å²) >= 11 is 0. The zero-order chi connectivity index (χ0) is 18.0. The number of nitrogen functional groups attached to an aromatic ring is 1. The predicted molar refractivity (Wildman–Crippen MR) is 89.3 cm³/mol. The average Bonchev–Trinajstić information content (AvgIpc) is 2.97. The number of anilines is 1. The maximum absolute atomic E-state index is 12.4. The van der Waals surface area contributed by atoms with Crippen molar-refractivity contribution in [1.29, 1.82) is 0 Å². The highest BCUT2D eigenvalue weighted by Gasteiger charge is 2.21. The van der Waals surface area contributed by atoms with E-state index in [-0.39, 0.29) is 30.1 Å². The standard InChI is InChI=1S/C16H15N5O4/c1-2-25-16(24)9-8-18-21(14(9)17)13(22)7-12-15(23)20-11-6-4-3-5-10(11)19-12/h3-6,8H,2,7,17H2,1H3,(H,20,23). The maximum Gasteiger partial charge on any atom is 0.343 e. The highest BCUT2D eigenvalue weighted by Crippen LogP contribution is 2.13. The number of aromatic amines is 1. The Morgan fingerprint density at radius 3 is 2.84 bits per heavy atom. The van der Waals surface area contributed by atoms with E-state index in [1.54, 1.807) is 31.2 Å². The van der Waals surface area contributed by atoms with E-state index in [0.29, 0.717) is 11.0 Å². The Morgan fingerprint density at radius 2 is 2.08 bits per heavy atom. The number of rotatable bonds is 4. The topological polar surface area (TPSA) is 133 Å². The molecule has 3 rings (SSSR count). The first-order valence-electron chi connectivity index (χ1n) is 7.53. The van der Waals surface area contributed by atoms with E-state index in [1.807, 2.05) is 0 Å². The summed E-state index contributed by atoms with van der Waals surface area (Å²) in [6, 6.07) is 6.98. The molecule has 0 unspecified atom stereocenters. The number of nitrogens with two attached hydrogens (primary N) is 1. The Balaban J connectivity index is 1.89. The molecule has 3 aromatic rings. The fourth-order valence-electron chi connectivity index (χ4n) is 2.33. The van der Waals surface area contributed by atoms with Gasteiger partial charge in [0.2, 0.25) is 0 Å². The lowest BCUT2D eigenvalue weighted by Gasteiger charge is -2.05. The van der Waals surface area contributed by atoms with E-state index in [4.69, 9.17) is 10.5 Å². The molecule has 0 aliphatic rings. The lowest BCUT2D eigenvalue weighted by atomic mass is 10.2. The molecule has 2 heterocycles. The number of nitrogens with zero attached hydrogens (tertiary/aromatic N) is 3. The van der Waals surface area contributed by atoms with Gasteiger partial charge >= 0.3 is 5.97 Å². The van der Waals surface area contributed by atoms with Gasteiger partial charge in [0.15, 0.2) is 0 Å². The number of esters is 1. The van der Waals surface area contributed by atoms with Gasteiger partial charge in [-0.1, -0.05) is 12.1 Å². The van der Waals surface area contributed by atoms with Crippen molar-refractivity contribution in [2.75, 3.05) is 12.3 Å². The second-order valence-electron chi connectivity index (χ2n) is 5.18. The first kappa shape index (κ1) is 16.4. The molecule has 0 atom stereocenters. The van der Waals surface area contributed by atoms with Gasteiger partial charge in [0.05, 0.1) is 30.3 Å². The lowest BCUT2D eigenvalue weighted by molar-refractivity contribution is 0.0527. The minimum absolute atomic E-state index is 0.00409. The fourth-order valence-corrected chi connectivity index (χ4v) is 2.33. The van der Waals surface area contributed by atoms with Crippen molar-refractivity contribution in [3.63, 3.8) is 0 Å². The minimum Gasteiger partial charge on any atom is -0.462 e. The van der Waals surface area contributed by atoms with Crippen molar-refractivity contribution < 1.29 is 14.3 Å². The van der Waals surface area contributed by atoms with Crippen molar-refractivity contribution in [3.05, 3.63) is 52.1 Å². The third-order valence-corrected chi connectivity index (χ3v) is 3.53. The zero-order valence-electron chi connectivity index (χ0n) is 13.4. The van der Waals surface area contributed by atoms with Crippen LogP contribution in [0.25, 0.3) is 11.0 Å². The summed E-state index contributed by atoms with van der Waals surface area (Å²) in [4.78, 5) is 43.1. The van der Waals surface area contributed by atoms with Crippen molar-refractivity contribution >= 4 is 28.7 Å². The van der Waals surface area contributed by atoms with E-state index < -0.39 is 17.4 Å². The van der Waals surface area contributed by atoms with Gasteiger partial charge in [-0.2, -0.15) is 9.78 Å². The van der Waals surface area contributed by atoms with Gasteiger partial charge < -0.3 is 15.5 Å². The van der Waals surface area contributed by atoms with Crippen LogP contribution in [0.1, 0.15) is 27.8 Å². The quantitative estimate of drug-likeness (QED) is 0.669. The van der Waals surface area contributed by atoms with Crippen LogP contribution in [0.5, 0.6) is 0 Å². The van der Waals surface area contributed by atoms with Gasteiger partial charge in [0.1, 0.15) is 17.1 Å². The van der Waals surface area contributed by atoms with Crippen LogP contribution < -0.4 is 11.3 Å². The van der Waals surface area contributed by atoms with Crippen LogP contribution in [0.3, 0.4) is 0 Å². The van der Waals surface area contributed by atoms with Gasteiger partial charge in [-0.05, 0) is 19.1 Å². The number of benzene rings is 1. The Labute approximate surface area is 141 Å². The van der Waals surface area contributed by atoms with Crippen LogP contribution in [0.4, 0.5) is 5.82 Å². The SMILES string of the molecule is CCOC(=O)c1cnn(C(=O)Cc2nc3ccccc3[nH]c2=O)c1N. The monoisotopic (exact) mass is 341 g/mol. The van der Waals surface area contributed by atoms with Crippen LogP contribution in [-0.2, 0) is 11.2 Å². The third kappa shape index (κ3) is 3.11. The van der Waals surface area contributed by atoms with Crippen LogP contribution >= 0.6 is 0 Å². The Kier molecular flexibility index (Phi) is 4.29. The second-order valence-corrected chi connectivity index (χ2v) is 5.18. The maximum atomic E-state index is 12.4. The van der Waals surface area contributed by atoms with Crippen molar-refractivity contribution in [2.45, 2.75) is 13.3 Å². The molecule has 1 aromatic carbocycles. The number of nitrogens with one attached hydrogen (secondary N) is 1. The van der Waals surface area contributed by atoms with Crippen molar-refractivity contribution in [2.24, 2.45) is 0 Å². The van der Waals surface area contributed by atoms with E-state index in [9.17, 15) is 14.4 Å². The molecule has 128 valence electrons. The highest BCUT2D eigenvalue weighted by molar-refractivity contribution is 5.96. The van der Waals surface area contributed by atoms with Crippen LogP contribution in [0.15, 0.2) is 35.3 Å². The van der Waals surface area contributed by atoms with Gasteiger partial charge in [-0.15, -0.1) is 0 Å². The largest absolute Gasteiger partial charge is 0.462 e. The second kappa shape index (κ2) is 6.56. The summed E-state index contributed by atoms with van der Waals surface area (Å²) in [5, 5.41) is 3.81. The summed E-state index contributed by atoms with van der Waals surface area (Å²) in [5.74, 6) is -1.39. The zero-order valence-corrected chi connectivity index (χ0v) is 13.4. The van der Waals surface area contributed by atoms with Crippen molar-refractivity contribution in [1.82, 2.24) is 19.7 Å². The molecule has 0 radical (unpaired) electrons. The highest BCUT2D eigenvalue weighted by atomic mass is 16.5. The molecular weight excluding hydrogens is 326 g/mol. The van der Waals surface area contributed by atoms with E-state index in [0.717, 1.165) is 10.9 Å². The number of carbonyl (C=O) groups is 2. The number of hydrogen-bond acceptors (Lipinski definition) is 7. The number of ether oxygens (including phenoxy) is 1. The number of para-hydroxylation sites is 2. The number of H-pyrrole nitrogens is 1. The number of fused-ring (bicyclic) bond motifs is 1. The molecule has 25 heavy (non-hydrogen) atoms. The Bertz CT molecular complexity index is 1020. The van der Waals surface area contributed by atoms with Gasteiger partial charge in [0, 0.05) is 0 Å². The summed E-state index contributed by atoms with van der Waals surface area (Å²) in [6.45, 7) is 1.83. The molecule has 0 bridgehead atoms. The third-order valence-electron chi connectivity index (χ3n) is 3.53. The van der Waals surface area contributed by atoms with Crippen LogP contribution in [0, 0.1) is 0 Å². The molecule has 0 saturated carbocycles. The van der Waals surface area contributed by atoms with Gasteiger partial charge in [-0.3, -0.25) is 9.59 Å². The number of aromatic nitrogens is 4. The smallest absolute Gasteiger partial charge is 0.343 e. The molecule has 9 heteroatoms. The summed E-state index contributed by atoms with van der Waals surface area (Å²) in [5.41, 5.74) is 6.49. The summed E-state index contributed by atoms with van der Waals surface area (Å²) in [7, 11) is 0. The number of carbonyl (C=O) groups excluding carboxylic acids is 2. The lowest BCUT2D eigenvalue weighted by Crippen LogP contribution is -2.24. The Morgan fingerprint density at radius 1 is 1.32 bits per heavy atom. The normalized spacial score (nSPS) is 10.8. The molecule has 0 aliphatic carbocycles. The van der Waals surface area contributed by atoms with Crippen LogP contribution in [-0.4, -0.2) is 38.2 Å². The first-order chi connectivity index (χ1) is 12.0. The molecule has 2 aromatic heterocycles. The van der Waals surface area contributed by atoms with Crippen molar-refractivity contribution in [3.8, 4) is 0 Å². The minimum atomic E-state index is -0.666. The molecule has 9 nitrogen and oxygen atoms in total. The van der Waals surface area contributed by atoms with Crippen LogP contribution in [0.2, 0.25) is 0 Å². The summed E-state index contributed by atoms with van der Waals surface area (Å²) in [6.07, 6.45) is 0.845. The van der Waals surface area contributed by atoms with Gasteiger partial charge in [-0.25, -0.2) is 9.78 Å².